The zero-order chi connectivity index (χ0) is 15.6. The van der Waals surface area contributed by atoms with Crippen molar-refractivity contribution in [1.29, 1.82) is 0 Å². The van der Waals surface area contributed by atoms with E-state index in [0.29, 0.717) is 11.3 Å². The monoisotopic (exact) mass is 368 g/mol. The summed E-state index contributed by atoms with van der Waals surface area (Å²) in [5.74, 6) is -0.315. The van der Waals surface area contributed by atoms with Gasteiger partial charge in [-0.3, -0.25) is 14.9 Å². The van der Waals surface area contributed by atoms with Crippen molar-refractivity contribution in [2.45, 2.75) is 6.92 Å². The lowest BCUT2D eigenvalue weighted by atomic mass is 10.1. The van der Waals surface area contributed by atoms with Crippen LogP contribution in [0.2, 0.25) is 5.02 Å². The molecule has 0 bridgehead atoms. The summed E-state index contributed by atoms with van der Waals surface area (Å²) in [5.41, 5.74) is 1.62. The summed E-state index contributed by atoms with van der Waals surface area (Å²) in [6.45, 7) is 1.88. The van der Waals surface area contributed by atoms with Gasteiger partial charge in [-0.05, 0) is 42.8 Å². The first-order valence-electron chi connectivity index (χ1n) is 5.89. The SMILES string of the molecule is Cc1cc(Br)cc(C(=O)Nc2ccc([N+](=O)[O-])c(Cl)c2)c1. The van der Waals surface area contributed by atoms with Crippen LogP contribution in [0.15, 0.2) is 40.9 Å². The van der Waals surface area contributed by atoms with Gasteiger partial charge in [-0.15, -0.1) is 0 Å². The molecule has 0 radical (unpaired) electrons. The molecule has 0 heterocycles. The van der Waals surface area contributed by atoms with Crippen molar-refractivity contribution >= 4 is 44.8 Å². The molecule has 0 fully saturated rings. The second-order valence-corrected chi connectivity index (χ2v) is 5.72. The van der Waals surface area contributed by atoms with Gasteiger partial charge in [0.05, 0.1) is 4.92 Å². The van der Waals surface area contributed by atoms with E-state index in [4.69, 9.17) is 11.6 Å². The maximum Gasteiger partial charge on any atom is 0.288 e. The number of nitrogens with one attached hydrogen (secondary N) is 1. The minimum atomic E-state index is -0.578. The number of aryl methyl sites for hydroxylation is 1. The van der Waals surface area contributed by atoms with E-state index in [0.717, 1.165) is 10.0 Å². The van der Waals surface area contributed by atoms with Crippen LogP contribution in [0.25, 0.3) is 0 Å². The van der Waals surface area contributed by atoms with Crippen LogP contribution in [-0.2, 0) is 0 Å². The van der Waals surface area contributed by atoms with Crippen LogP contribution < -0.4 is 5.32 Å². The second kappa shape index (κ2) is 6.24. The molecule has 2 aromatic carbocycles. The predicted octanol–water partition coefficient (Wildman–Crippen LogP) is 4.57. The number of carbonyl (C=O) groups is 1. The Morgan fingerprint density at radius 1 is 1.29 bits per heavy atom. The molecule has 0 atom stereocenters. The largest absolute Gasteiger partial charge is 0.322 e. The molecule has 0 aromatic heterocycles. The first kappa shape index (κ1) is 15.5. The number of hydrogen-bond donors (Lipinski definition) is 1. The summed E-state index contributed by atoms with van der Waals surface area (Å²) in [5, 5.41) is 13.3. The molecule has 1 N–H and O–H groups in total. The fraction of sp³-hybridized carbons (Fsp3) is 0.0714. The van der Waals surface area contributed by atoms with Crippen molar-refractivity contribution in [3.05, 3.63) is 67.1 Å². The summed E-state index contributed by atoms with van der Waals surface area (Å²) >= 11 is 9.13. The van der Waals surface area contributed by atoms with E-state index in [1.54, 1.807) is 12.1 Å². The number of carbonyl (C=O) groups excluding carboxylic acids is 1. The minimum absolute atomic E-state index is 0.0248. The summed E-state index contributed by atoms with van der Waals surface area (Å²) in [7, 11) is 0. The van der Waals surface area contributed by atoms with Gasteiger partial charge in [0.25, 0.3) is 11.6 Å². The lowest BCUT2D eigenvalue weighted by Gasteiger charge is -2.07. The Labute approximate surface area is 134 Å². The van der Waals surface area contributed by atoms with Gasteiger partial charge in [-0.1, -0.05) is 27.5 Å². The molecule has 7 heteroatoms. The third kappa shape index (κ3) is 3.80. The van der Waals surface area contributed by atoms with Crippen LogP contribution >= 0.6 is 27.5 Å². The molecule has 5 nitrogen and oxygen atoms in total. The van der Waals surface area contributed by atoms with Crippen LogP contribution in [0.3, 0.4) is 0 Å². The number of halogens is 2. The van der Waals surface area contributed by atoms with E-state index in [-0.39, 0.29) is 16.6 Å². The normalized spacial score (nSPS) is 10.2. The molecule has 0 spiro atoms. The summed E-state index contributed by atoms with van der Waals surface area (Å²) in [6, 6.07) is 9.36. The van der Waals surface area contributed by atoms with Crippen LogP contribution in [0.1, 0.15) is 15.9 Å². The molecule has 1 amide bonds. The highest BCUT2D eigenvalue weighted by atomic mass is 79.9. The van der Waals surface area contributed by atoms with E-state index >= 15 is 0 Å². The van der Waals surface area contributed by atoms with Crippen LogP contribution in [0, 0.1) is 17.0 Å². The van der Waals surface area contributed by atoms with Gasteiger partial charge in [0.15, 0.2) is 0 Å². The maximum absolute atomic E-state index is 12.1. The van der Waals surface area contributed by atoms with E-state index in [9.17, 15) is 14.9 Å². The third-order valence-electron chi connectivity index (χ3n) is 2.71. The van der Waals surface area contributed by atoms with Gasteiger partial charge >= 0.3 is 0 Å². The van der Waals surface area contributed by atoms with E-state index in [2.05, 4.69) is 21.2 Å². The summed E-state index contributed by atoms with van der Waals surface area (Å²) < 4.78 is 0.800. The fourth-order valence-corrected chi connectivity index (χ4v) is 2.66. The molecule has 108 valence electrons. The standard InChI is InChI=1S/C14H10BrClN2O3/c1-8-4-9(6-10(15)5-8)14(19)17-11-2-3-13(18(20)21)12(16)7-11/h2-7H,1H3,(H,17,19). The van der Waals surface area contributed by atoms with Crippen LogP contribution in [-0.4, -0.2) is 10.8 Å². The van der Waals surface area contributed by atoms with E-state index in [1.165, 1.54) is 18.2 Å². The molecular weight excluding hydrogens is 360 g/mol. The zero-order valence-corrected chi connectivity index (χ0v) is 13.2. The lowest BCUT2D eigenvalue weighted by Crippen LogP contribution is -2.12. The quantitative estimate of drug-likeness (QED) is 0.636. The Bertz CT molecular complexity index is 714. The highest BCUT2D eigenvalue weighted by Gasteiger charge is 2.14. The Morgan fingerprint density at radius 2 is 2.00 bits per heavy atom. The van der Waals surface area contributed by atoms with Gasteiger partial charge < -0.3 is 5.32 Å². The maximum atomic E-state index is 12.1. The van der Waals surface area contributed by atoms with Gasteiger partial charge in [0.2, 0.25) is 0 Å². The number of nitro benzene ring substituents is 1. The Hall–Kier alpha value is -1.92. The highest BCUT2D eigenvalue weighted by Crippen LogP contribution is 2.27. The first-order chi connectivity index (χ1) is 9.86. The topological polar surface area (TPSA) is 72.2 Å². The van der Waals surface area contributed by atoms with Gasteiger partial charge in [-0.25, -0.2) is 0 Å². The first-order valence-corrected chi connectivity index (χ1v) is 7.06. The fourth-order valence-electron chi connectivity index (χ4n) is 1.80. The number of rotatable bonds is 3. The zero-order valence-electron chi connectivity index (χ0n) is 10.9. The van der Waals surface area contributed by atoms with Crippen molar-refractivity contribution < 1.29 is 9.72 Å². The lowest BCUT2D eigenvalue weighted by molar-refractivity contribution is -0.384. The molecule has 0 aliphatic rings. The summed E-state index contributed by atoms with van der Waals surface area (Å²) in [4.78, 5) is 22.2. The third-order valence-corrected chi connectivity index (χ3v) is 3.47. The molecule has 0 aliphatic carbocycles. The highest BCUT2D eigenvalue weighted by molar-refractivity contribution is 9.10. The molecule has 0 saturated heterocycles. The number of benzene rings is 2. The van der Waals surface area contributed by atoms with Crippen LogP contribution in [0.5, 0.6) is 0 Å². The molecular formula is C14H10BrClN2O3. The number of nitrogens with zero attached hydrogens (tertiary/aromatic N) is 1. The van der Waals surface area contributed by atoms with Gasteiger partial charge in [0.1, 0.15) is 5.02 Å². The molecule has 0 saturated carbocycles. The number of hydrogen-bond acceptors (Lipinski definition) is 3. The Kier molecular flexibility index (Phi) is 4.59. The van der Waals surface area contributed by atoms with E-state index in [1.807, 2.05) is 13.0 Å². The predicted molar refractivity (Wildman–Crippen MR) is 84.9 cm³/mol. The van der Waals surface area contributed by atoms with Crippen molar-refractivity contribution in [3.63, 3.8) is 0 Å². The smallest absolute Gasteiger partial charge is 0.288 e. The minimum Gasteiger partial charge on any atom is -0.322 e. The average molecular weight is 370 g/mol. The molecule has 0 aliphatic heterocycles. The second-order valence-electron chi connectivity index (χ2n) is 4.39. The number of anilines is 1. The Balaban J connectivity index is 2.23. The molecule has 0 unspecified atom stereocenters. The summed E-state index contributed by atoms with van der Waals surface area (Å²) in [6.07, 6.45) is 0. The molecule has 2 rings (SSSR count). The molecule has 21 heavy (non-hydrogen) atoms. The van der Waals surface area contributed by atoms with Gasteiger partial charge in [-0.2, -0.15) is 0 Å². The molecule has 2 aromatic rings. The van der Waals surface area contributed by atoms with Crippen molar-refractivity contribution in [1.82, 2.24) is 0 Å². The Morgan fingerprint density at radius 3 is 2.57 bits per heavy atom. The van der Waals surface area contributed by atoms with Gasteiger partial charge in [0, 0.05) is 21.8 Å². The van der Waals surface area contributed by atoms with Crippen molar-refractivity contribution in [2.75, 3.05) is 5.32 Å². The van der Waals surface area contributed by atoms with E-state index < -0.39 is 4.92 Å². The number of nitro groups is 1. The van der Waals surface area contributed by atoms with Crippen molar-refractivity contribution in [3.8, 4) is 0 Å². The van der Waals surface area contributed by atoms with Crippen molar-refractivity contribution in [2.24, 2.45) is 0 Å². The average Bonchev–Trinajstić information content (AvgIpc) is 2.37. The van der Waals surface area contributed by atoms with Crippen LogP contribution in [0.4, 0.5) is 11.4 Å². The number of amides is 1.